The molecule has 0 radical (unpaired) electrons. The van der Waals surface area contributed by atoms with E-state index < -0.39 is 49.5 Å². The first-order valence-electron chi connectivity index (χ1n) is 24.4. The second-order valence-electron chi connectivity index (χ2n) is 17.3. The van der Waals surface area contributed by atoms with E-state index in [1.165, 1.54) is 173 Å². The van der Waals surface area contributed by atoms with Gasteiger partial charge in [0.2, 0.25) is 5.91 Å². The lowest BCUT2D eigenvalue weighted by molar-refractivity contribution is -0.302. The molecule has 9 heteroatoms. The van der Waals surface area contributed by atoms with Crippen LogP contribution in [0, 0.1) is 0 Å². The molecule has 1 aliphatic rings. The number of hydrogen-bond donors (Lipinski definition) is 6. The Kier molecular flexibility index (Phi) is 37.0. The van der Waals surface area contributed by atoms with Crippen molar-refractivity contribution in [3.05, 3.63) is 12.2 Å². The Morgan fingerprint density at radius 1 is 0.579 bits per heavy atom. The van der Waals surface area contributed by atoms with Crippen molar-refractivity contribution >= 4 is 5.91 Å². The van der Waals surface area contributed by atoms with Crippen LogP contribution in [-0.4, -0.2) is 87.5 Å². The van der Waals surface area contributed by atoms with Crippen molar-refractivity contribution in [2.75, 3.05) is 13.2 Å². The van der Waals surface area contributed by atoms with E-state index in [4.69, 9.17) is 9.47 Å². The first-order valence-corrected chi connectivity index (χ1v) is 24.4. The third-order valence-electron chi connectivity index (χ3n) is 11.9. The molecular weight excluding hydrogens is 719 g/mol. The minimum Gasteiger partial charge on any atom is -0.394 e. The van der Waals surface area contributed by atoms with Crippen LogP contribution in [0.25, 0.3) is 0 Å². The highest BCUT2D eigenvalue weighted by Crippen LogP contribution is 2.23. The maximum Gasteiger partial charge on any atom is 0.220 e. The Bertz CT molecular complexity index is 904. The molecule has 1 fully saturated rings. The fourth-order valence-corrected chi connectivity index (χ4v) is 7.92. The van der Waals surface area contributed by atoms with Gasteiger partial charge in [-0.05, 0) is 19.3 Å². The topological polar surface area (TPSA) is 149 Å². The van der Waals surface area contributed by atoms with Crippen LogP contribution in [0.4, 0.5) is 0 Å². The first kappa shape index (κ1) is 53.9. The Morgan fingerprint density at radius 3 is 1.37 bits per heavy atom. The number of hydrogen-bond acceptors (Lipinski definition) is 8. The van der Waals surface area contributed by atoms with Gasteiger partial charge in [0.25, 0.3) is 0 Å². The van der Waals surface area contributed by atoms with Gasteiger partial charge in [0.1, 0.15) is 24.4 Å². The number of amides is 1. The molecule has 1 aliphatic heterocycles. The van der Waals surface area contributed by atoms with Gasteiger partial charge < -0.3 is 40.3 Å². The van der Waals surface area contributed by atoms with Crippen molar-refractivity contribution in [3.8, 4) is 0 Å². The van der Waals surface area contributed by atoms with Crippen molar-refractivity contribution in [1.29, 1.82) is 0 Å². The summed E-state index contributed by atoms with van der Waals surface area (Å²) in [6.45, 7) is 3.78. The lowest BCUT2D eigenvalue weighted by Crippen LogP contribution is -2.60. The molecule has 0 aromatic heterocycles. The zero-order valence-electron chi connectivity index (χ0n) is 37.1. The van der Waals surface area contributed by atoms with Crippen LogP contribution in [0.1, 0.15) is 232 Å². The largest absolute Gasteiger partial charge is 0.394 e. The quantitative estimate of drug-likeness (QED) is 0.0264. The lowest BCUT2D eigenvalue weighted by Gasteiger charge is -2.40. The van der Waals surface area contributed by atoms with E-state index in [2.05, 4.69) is 19.2 Å². The van der Waals surface area contributed by atoms with Gasteiger partial charge in [-0.25, -0.2) is 0 Å². The molecule has 1 saturated heterocycles. The molecule has 0 saturated carbocycles. The molecule has 1 heterocycles. The fraction of sp³-hybridized carbons (Fsp3) is 0.938. The van der Waals surface area contributed by atoms with Gasteiger partial charge in [0, 0.05) is 6.42 Å². The number of ether oxygens (including phenoxy) is 2. The smallest absolute Gasteiger partial charge is 0.220 e. The first-order chi connectivity index (χ1) is 27.8. The van der Waals surface area contributed by atoms with Crippen molar-refractivity contribution in [2.24, 2.45) is 0 Å². The Labute approximate surface area is 350 Å². The summed E-state index contributed by atoms with van der Waals surface area (Å²) in [6, 6.07) is -0.797. The summed E-state index contributed by atoms with van der Waals surface area (Å²) in [5.41, 5.74) is 0. The van der Waals surface area contributed by atoms with E-state index in [1.54, 1.807) is 6.08 Å². The second kappa shape index (κ2) is 39.1. The zero-order chi connectivity index (χ0) is 41.6. The highest BCUT2D eigenvalue weighted by Gasteiger charge is 2.44. The highest BCUT2D eigenvalue weighted by molar-refractivity contribution is 5.76. The molecule has 0 aromatic carbocycles. The monoisotopic (exact) mass is 812 g/mol. The van der Waals surface area contributed by atoms with E-state index >= 15 is 0 Å². The number of nitrogens with one attached hydrogen (secondary N) is 1. The molecular formula is C48H93NO8. The van der Waals surface area contributed by atoms with Crippen LogP contribution in [0.2, 0.25) is 0 Å². The third kappa shape index (κ3) is 29.7. The molecule has 1 amide bonds. The zero-order valence-corrected chi connectivity index (χ0v) is 37.1. The average molecular weight is 812 g/mol. The molecule has 0 aromatic rings. The van der Waals surface area contributed by atoms with E-state index in [1.807, 2.05) is 6.08 Å². The predicted molar refractivity (Wildman–Crippen MR) is 235 cm³/mol. The minimum atomic E-state index is -1.56. The molecule has 7 atom stereocenters. The summed E-state index contributed by atoms with van der Waals surface area (Å²) in [5.74, 6) is -0.174. The van der Waals surface area contributed by atoms with Gasteiger partial charge in [-0.3, -0.25) is 4.79 Å². The molecule has 9 nitrogen and oxygen atoms in total. The molecule has 57 heavy (non-hydrogen) atoms. The van der Waals surface area contributed by atoms with Crippen LogP contribution in [0.3, 0.4) is 0 Å². The van der Waals surface area contributed by atoms with Crippen LogP contribution in [0.5, 0.6) is 0 Å². The van der Waals surface area contributed by atoms with E-state index in [0.717, 1.165) is 38.5 Å². The van der Waals surface area contributed by atoms with E-state index in [-0.39, 0.29) is 12.5 Å². The Morgan fingerprint density at radius 2 is 0.965 bits per heavy atom. The molecule has 338 valence electrons. The molecule has 0 spiro atoms. The van der Waals surface area contributed by atoms with Crippen LogP contribution >= 0.6 is 0 Å². The summed E-state index contributed by atoms with van der Waals surface area (Å²) in [4.78, 5) is 13.0. The number of aliphatic hydroxyl groups is 5. The maximum absolute atomic E-state index is 13.0. The number of rotatable bonds is 41. The van der Waals surface area contributed by atoms with Crippen molar-refractivity contribution in [3.63, 3.8) is 0 Å². The summed E-state index contributed by atoms with van der Waals surface area (Å²) >= 11 is 0. The number of carbonyl (C=O) groups is 1. The number of allylic oxidation sites excluding steroid dienone is 1. The van der Waals surface area contributed by atoms with Crippen LogP contribution in [0.15, 0.2) is 12.2 Å². The van der Waals surface area contributed by atoms with Crippen LogP contribution < -0.4 is 5.32 Å². The molecule has 1 rings (SSSR count). The molecule has 0 bridgehead atoms. The highest BCUT2D eigenvalue weighted by atomic mass is 16.7. The summed E-state index contributed by atoms with van der Waals surface area (Å²) < 4.78 is 11.2. The predicted octanol–water partition coefficient (Wildman–Crippen LogP) is 10.5. The molecule has 6 N–H and O–H groups in total. The number of carbonyl (C=O) groups excluding carboxylic acids is 1. The Hall–Kier alpha value is -1.07. The van der Waals surface area contributed by atoms with Gasteiger partial charge in [0.05, 0.1) is 25.4 Å². The maximum atomic E-state index is 13.0. The minimum absolute atomic E-state index is 0.174. The number of aliphatic hydroxyl groups excluding tert-OH is 5. The average Bonchev–Trinajstić information content (AvgIpc) is 3.21. The standard InChI is InChI=1S/C48H93NO8/c1-3-5-7-9-11-13-15-16-17-18-19-20-21-22-23-24-25-26-28-30-32-34-36-38-44(52)49-41(40-56-48-47(55)46(54)45(53)43(39-50)57-48)42(51)37-35-33-31-29-27-14-12-10-8-6-4-2/h35,37,41-43,45-48,50-51,53-55H,3-34,36,38-40H2,1-2H3,(H,49,52)/b37-35+. The van der Waals surface area contributed by atoms with Gasteiger partial charge >= 0.3 is 0 Å². The lowest BCUT2D eigenvalue weighted by atomic mass is 9.99. The molecule has 0 aliphatic carbocycles. The van der Waals surface area contributed by atoms with Gasteiger partial charge in [0.15, 0.2) is 6.29 Å². The fourth-order valence-electron chi connectivity index (χ4n) is 7.92. The van der Waals surface area contributed by atoms with Gasteiger partial charge in [-0.1, -0.05) is 219 Å². The SMILES string of the molecule is CCCCCCCCCCC/C=C/C(O)C(COC1OC(CO)C(O)C(O)C1O)NC(=O)CCCCCCCCCCCCCCCCCCCCCCCCC. The summed E-state index contributed by atoms with van der Waals surface area (Å²) in [6.07, 6.45) is 38.4. The van der Waals surface area contributed by atoms with Crippen molar-refractivity contribution in [2.45, 2.75) is 275 Å². The normalized spacial score (nSPS) is 21.0. The van der Waals surface area contributed by atoms with E-state index in [9.17, 15) is 30.3 Å². The number of unbranched alkanes of at least 4 members (excludes halogenated alkanes) is 31. The third-order valence-corrected chi connectivity index (χ3v) is 11.9. The van der Waals surface area contributed by atoms with Crippen molar-refractivity contribution < 1.29 is 39.8 Å². The Balaban J connectivity index is 2.23. The van der Waals surface area contributed by atoms with Crippen molar-refractivity contribution in [1.82, 2.24) is 5.32 Å². The molecule has 7 unspecified atom stereocenters. The van der Waals surface area contributed by atoms with Crippen LogP contribution in [-0.2, 0) is 14.3 Å². The van der Waals surface area contributed by atoms with Gasteiger partial charge in [-0.15, -0.1) is 0 Å². The van der Waals surface area contributed by atoms with E-state index in [0.29, 0.717) is 6.42 Å². The van der Waals surface area contributed by atoms with Gasteiger partial charge in [-0.2, -0.15) is 0 Å². The summed E-state index contributed by atoms with van der Waals surface area (Å²) in [5, 5.41) is 54.1. The second-order valence-corrected chi connectivity index (χ2v) is 17.3. The summed E-state index contributed by atoms with van der Waals surface area (Å²) in [7, 11) is 0.